The van der Waals surface area contributed by atoms with Gasteiger partial charge in [0.05, 0.1) is 0 Å². The minimum absolute atomic E-state index is 0.185. The Kier molecular flexibility index (Phi) is 1.19. The lowest BCUT2D eigenvalue weighted by atomic mass is 10.0. The van der Waals surface area contributed by atoms with Crippen LogP contribution in [-0.4, -0.2) is 10.1 Å². The average Bonchev–Trinajstić information content (AvgIpc) is 2.70. The Morgan fingerprint density at radius 1 is 1.64 bits per heavy atom. The molecule has 1 aromatic rings. The zero-order valence-corrected chi connectivity index (χ0v) is 6.50. The molecular formula is C7H11N3O. The molecule has 2 N–H and O–H groups in total. The van der Waals surface area contributed by atoms with Gasteiger partial charge in [-0.1, -0.05) is 6.92 Å². The van der Waals surface area contributed by atoms with Crippen LogP contribution in [0.15, 0.2) is 4.52 Å². The Balaban J connectivity index is 2.29. The van der Waals surface area contributed by atoms with Gasteiger partial charge in [-0.3, -0.25) is 0 Å². The topological polar surface area (TPSA) is 64.9 Å². The van der Waals surface area contributed by atoms with Gasteiger partial charge in [-0.25, -0.2) is 0 Å². The molecule has 0 unspecified atom stereocenters. The quantitative estimate of drug-likeness (QED) is 0.690. The van der Waals surface area contributed by atoms with Crippen molar-refractivity contribution >= 4 is 5.95 Å². The third-order valence-electron chi connectivity index (χ3n) is 2.43. The van der Waals surface area contributed by atoms with E-state index in [1.807, 2.05) is 0 Å². The van der Waals surface area contributed by atoms with Crippen molar-refractivity contribution in [3.63, 3.8) is 0 Å². The molecule has 60 valence electrons. The molecule has 1 fully saturated rings. The number of anilines is 1. The molecule has 1 aromatic heterocycles. The van der Waals surface area contributed by atoms with Crippen LogP contribution in [0.1, 0.15) is 32.1 Å². The van der Waals surface area contributed by atoms with Gasteiger partial charge in [0.1, 0.15) is 0 Å². The number of nitrogens with zero attached hydrogens (tertiary/aromatic N) is 2. The number of hydrogen-bond donors (Lipinski definition) is 1. The SMILES string of the molecule is CCC1(c2nc(N)no2)CC1. The Morgan fingerprint density at radius 2 is 2.36 bits per heavy atom. The molecule has 1 aliphatic carbocycles. The van der Waals surface area contributed by atoms with Gasteiger partial charge in [0.25, 0.3) is 5.95 Å². The lowest BCUT2D eigenvalue weighted by molar-refractivity contribution is 0.342. The maximum Gasteiger partial charge on any atom is 0.260 e. The molecule has 1 aliphatic rings. The van der Waals surface area contributed by atoms with E-state index < -0.39 is 0 Å². The zero-order valence-electron chi connectivity index (χ0n) is 6.50. The predicted octanol–water partition coefficient (Wildman–Crippen LogP) is 1.09. The van der Waals surface area contributed by atoms with Gasteiger partial charge in [-0.15, -0.1) is 0 Å². The van der Waals surface area contributed by atoms with Crippen molar-refractivity contribution in [3.8, 4) is 0 Å². The highest BCUT2D eigenvalue weighted by Crippen LogP contribution is 2.50. The predicted molar refractivity (Wildman–Crippen MR) is 39.9 cm³/mol. The monoisotopic (exact) mass is 153 g/mol. The molecule has 1 heterocycles. The van der Waals surface area contributed by atoms with E-state index in [9.17, 15) is 0 Å². The van der Waals surface area contributed by atoms with Crippen LogP contribution in [0.3, 0.4) is 0 Å². The van der Waals surface area contributed by atoms with E-state index in [-0.39, 0.29) is 11.4 Å². The van der Waals surface area contributed by atoms with E-state index in [0.29, 0.717) is 0 Å². The maximum atomic E-state index is 5.34. The van der Waals surface area contributed by atoms with E-state index >= 15 is 0 Å². The smallest absolute Gasteiger partial charge is 0.260 e. The first kappa shape index (κ1) is 6.64. The summed E-state index contributed by atoms with van der Waals surface area (Å²) in [4.78, 5) is 4.02. The molecule has 11 heavy (non-hydrogen) atoms. The number of nitrogen functional groups attached to an aromatic ring is 1. The zero-order chi connectivity index (χ0) is 7.90. The van der Waals surface area contributed by atoms with Crippen LogP contribution in [-0.2, 0) is 5.41 Å². The summed E-state index contributed by atoms with van der Waals surface area (Å²) in [5.74, 6) is 0.970. The summed E-state index contributed by atoms with van der Waals surface area (Å²) in [5, 5.41) is 3.56. The second-order valence-electron chi connectivity index (χ2n) is 3.09. The van der Waals surface area contributed by atoms with Gasteiger partial charge in [0.2, 0.25) is 5.89 Å². The molecule has 0 saturated heterocycles. The van der Waals surface area contributed by atoms with E-state index in [4.69, 9.17) is 10.3 Å². The minimum atomic E-state index is 0.185. The molecule has 0 radical (unpaired) electrons. The second-order valence-corrected chi connectivity index (χ2v) is 3.09. The van der Waals surface area contributed by atoms with Gasteiger partial charge in [-0.05, 0) is 24.4 Å². The third-order valence-corrected chi connectivity index (χ3v) is 2.43. The number of hydrogen-bond acceptors (Lipinski definition) is 4. The molecule has 0 aliphatic heterocycles. The fourth-order valence-electron chi connectivity index (χ4n) is 1.32. The average molecular weight is 153 g/mol. The fourth-order valence-corrected chi connectivity index (χ4v) is 1.32. The van der Waals surface area contributed by atoms with Gasteiger partial charge in [0, 0.05) is 5.41 Å². The summed E-state index contributed by atoms with van der Waals surface area (Å²) in [6.07, 6.45) is 3.38. The van der Waals surface area contributed by atoms with Gasteiger partial charge < -0.3 is 10.3 Å². The van der Waals surface area contributed by atoms with Gasteiger partial charge >= 0.3 is 0 Å². The highest BCUT2D eigenvalue weighted by molar-refractivity contribution is 5.20. The van der Waals surface area contributed by atoms with Crippen LogP contribution in [0.2, 0.25) is 0 Å². The summed E-state index contributed by atoms with van der Waals surface area (Å²) in [5.41, 5.74) is 5.53. The normalized spacial score (nSPS) is 20.1. The Labute approximate surface area is 64.8 Å². The highest BCUT2D eigenvalue weighted by atomic mass is 16.5. The number of rotatable bonds is 2. The standard InChI is InChI=1S/C7H11N3O/c1-2-7(3-4-7)5-9-6(8)10-11-5/h2-4H2,1H3,(H2,8,10). The van der Waals surface area contributed by atoms with Crippen LogP contribution in [0.25, 0.3) is 0 Å². The molecule has 0 amide bonds. The van der Waals surface area contributed by atoms with Crippen LogP contribution in [0.4, 0.5) is 5.95 Å². The van der Waals surface area contributed by atoms with Crippen molar-refractivity contribution < 1.29 is 4.52 Å². The molecule has 4 heteroatoms. The van der Waals surface area contributed by atoms with E-state index in [2.05, 4.69) is 17.1 Å². The first-order valence-electron chi connectivity index (χ1n) is 3.86. The minimum Gasteiger partial charge on any atom is -0.365 e. The Bertz CT molecular complexity index is 264. The second kappa shape index (κ2) is 1.96. The summed E-state index contributed by atoms with van der Waals surface area (Å²) >= 11 is 0. The molecule has 0 atom stereocenters. The van der Waals surface area contributed by atoms with Crippen molar-refractivity contribution in [2.45, 2.75) is 31.6 Å². The molecule has 0 aromatic carbocycles. The summed E-state index contributed by atoms with van der Waals surface area (Å²) < 4.78 is 5.00. The first-order chi connectivity index (χ1) is 5.27. The van der Waals surface area contributed by atoms with Gasteiger partial charge in [0.15, 0.2) is 0 Å². The summed E-state index contributed by atoms with van der Waals surface area (Å²) in [6.45, 7) is 2.13. The van der Waals surface area contributed by atoms with Crippen molar-refractivity contribution in [1.82, 2.24) is 10.1 Å². The van der Waals surface area contributed by atoms with Crippen molar-refractivity contribution in [1.29, 1.82) is 0 Å². The van der Waals surface area contributed by atoms with Crippen molar-refractivity contribution in [3.05, 3.63) is 5.89 Å². The van der Waals surface area contributed by atoms with Crippen molar-refractivity contribution in [2.24, 2.45) is 0 Å². The van der Waals surface area contributed by atoms with Crippen LogP contribution < -0.4 is 5.73 Å². The Hall–Kier alpha value is -1.06. The summed E-state index contributed by atoms with van der Waals surface area (Å²) in [7, 11) is 0. The number of nitrogens with two attached hydrogens (primary N) is 1. The molecule has 0 bridgehead atoms. The highest BCUT2D eigenvalue weighted by Gasteiger charge is 2.47. The molecule has 4 nitrogen and oxygen atoms in total. The fraction of sp³-hybridized carbons (Fsp3) is 0.714. The molecule has 2 rings (SSSR count). The summed E-state index contributed by atoms with van der Waals surface area (Å²) in [6, 6.07) is 0. The van der Waals surface area contributed by atoms with Crippen molar-refractivity contribution in [2.75, 3.05) is 5.73 Å². The lowest BCUT2D eigenvalue weighted by Crippen LogP contribution is -2.04. The van der Waals surface area contributed by atoms with E-state index in [1.165, 1.54) is 0 Å². The van der Waals surface area contributed by atoms with E-state index in [0.717, 1.165) is 25.2 Å². The largest absolute Gasteiger partial charge is 0.365 e. The van der Waals surface area contributed by atoms with Crippen LogP contribution in [0, 0.1) is 0 Å². The third kappa shape index (κ3) is 0.895. The molecule has 0 spiro atoms. The van der Waals surface area contributed by atoms with Gasteiger partial charge in [-0.2, -0.15) is 4.98 Å². The van der Waals surface area contributed by atoms with Crippen LogP contribution >= 0.6 is 0 Å². The maximum absolute atomic E-state index is 5.34. The number of aromatic nitrogens is 2. The first-order valence-corrected chi connectivity index (χ1v) is 3.86. The molecular weight excluding hydrogens is 142 g/mol. The van der Waals surface area contributed by atoms with E-state index in [1.54, 1.807) is 0 Å². The lowest BCUT2D eigenvalue weighted by Gasteiger charge is -2.02. The molecule has 1 saturated carbocycles. The Morgan fingerprint density at radius 3 is 2.73 bits per heavy atom. The van der Waals surface area contributed by atoms with Crippen LogP contribution in [0.5, 0.6) is 0 Å².